The first-order chi connectivity index (χ1) is 8.09. The van der Waals surface area contributed by atoms with E-state index in [1.165, 1.54) is 25.7 Å². The molecule has 1 aliphatic carbocycles. The number of hydrogen-bond donors (Lipinski definition) is 0. The van der Waals surface area contributed by atoms with E-state index in [0.29, 0.717) is 17.8 Å². The van der Waals surface area contributed by atoms with Crippen LogP contribution in [-0.4, -0.2) is 18.5 Å². The van der Waals surface area contributed by atoms with Crippen molar-refractivity contribution >= 4 is 5.78 Å². The van der Waals surface area contributed by atoms with Crippen LogP contribution in [0.3, 0.4) is 0 Å². The highest BCUT2D eigenvalue weighted by Crippen LogP contribution is 2.41. The molecule has 1 saturated carbocycles. The fourth-order valence-corrected chi connectivity index (χ4v) is 3.44. The second-order valence-corrected chi connectivity index (χ2v) is 6.43. The van der Waals surface area contributed by atoms with E-state index in [-0.39, 0.29) is 5.41 Å². The van der Waals surface area contributed by atoms with Crippen molar-refractivity contribution in [2.45, 2.75) is 71.3 Å². The summed E-state index contributed by atoms with van der Waals surface area (Å²) < 4.78 is 5.59. The standard InChI is InChI=1S/C15H26O2/c1-15(2)10-4-3-7-13(15)14(16)9-8-12-6-5-11-17-12/h12-13H,3-11H2,1-2H3. The first-order valence-electron chi connectivity index (χ1n) is 7.24. The van der Waals surface area contributed by atoms with Crippen LogP contribution in [0, 0.1) is 11.3 Å². The van der Waals surface area contributed by atoms with E-state index in [0.717, 1.165) is 32.3 Å². The van der Waals surface area contributed by atoms with Gasteiger partial charge in [-0.25, -0.2) is 0 Å². The molecule has 17 heavy (non-hydrogen) atoms. The average molecular weight is 238 g/mol. The van der Waals surface area contributed by atoms with Gasteiger partial charge in [0.25, 0.3) is 0 Å². The van der Waals surface area contributed by atoms with Crippen molar-refractivity contribution in [3.05, 3.63) is 0 Å². The SMILES string of the molecule is CC1(C)CCCCC1C(=O)CCC1CCCO1. The average Bonchev–Trinajstić information content (AvgIpc) is 2.78. The number of carbonyl (C=O) groups is 1. The fraction of sp³-hybridized carbons (Fsp3) is 0.933. The number of rotatable bonds is 4. The molecule has 98 valence electrons. The normalized spacial score (nSPS) is 32.6. The molecule has 2 aliphatic rings. The molecule has 0 spiro atoms. The largest absolute Gasteiger partial charge is 0.378 e. The third-order valence-electron chi connectivity index (χ3n) is 4.63. The van der Waals surface area contributed by atoms with Crippen LogP contribution in [-0.2, 0) is 9.53 Å². The van der Waals surface area contributed by atoms with Crippen LogP contribution in [0.2, 0.25) is 0 Å². The molecule has 2 atom stereocenters. The second kappa shape index (κ2) is 5.51. The van der Waals surface area contributed by atoms with Crippen LogP contribution in [0.4, 0.5) is 0 Å². The van der Waals surface area contributed by atoms with Gasteiger partial charge in [-0.2, -0.15) is 0 Å². The third-order valence-corrected chi connectivity index (χ3v) is 4.63. The van der Waals surface area contributed by atoms with Gasteiger partial charge in [0.05, 0.1) is 6.10 Å². The molecule has 2 unspecified atom stereocenters. The number of ether oxygens (including phenoxy) is 1. The molecular weight excluding hydrogens is 212 g/mol. The quantitative estimate of drug-likeness (QED) is 0.746. The van der Waals surface area contributed by atoms with Crippen molar-refractivity contribution in [3.63, 3.8) is 0 Å². The lowest BCUT2D eigenvalue weighted by atomic mass is 9.66. The van der Waals surface area contributed by atoms with Crippen molar-refractivity contribution in [2.24, 2.45) is 11.3 Å². The number of Topliss-reactive ketones (excluding diaryl/α,β-unsaturated/α-hetero) is 1. The highest BCUT2D eigenvalue weighted by atomic mass is 16.5. The molecule has 0 amide bonds. The van der Waals surface area contributed by atoms with Crippen molar-refractivity contribution in [2.75, 3.05) is 6.61 Å². The summed E-state index contributed by atoms with van der Waals surface area (Å²) in [7, 11) is 0. The summed E-state index contributed by atoms with van der Waals surface area (Å²) >= 11 is 0. The predicted octanol–water partition coefficient (Wildman–Crippen LogP) is 3.73. The molecule has 0 aromatic rings. The minimum absolute atomic E-state index is 0.228. The van der Waals surface area contributed by atoms with Crippen LogP contribution in [0.25, 0.3) is 0 Å². The van der Waals surface area contributed by atoms with E-state index >= 15 is 0 Å². The maximum Gasteiger partial charge on any atom is 0.136 e. The van der Waals surface area contributed by atoms with Crippen LogP contribution >= 0.6 is 0 Å². The van der Waals surface area contributed by atoms with Gasteiger partial charge in [0, 0.05) is 18.9 Å². The van der Waals surface area contributed by atoms with E-state index in [2.05, 4.69) is 13.8 Å². The molecular formula is C15H26O2. The molecule has 0 aromatic carbocycles. The lowest BCUT2D eigenvalue weighted by Crippen LogP contribution is -2.34. The predicted molar refractivity (Wildman–Crippen MR) is 69.0 cm³/mol. The van der Waals surface area contributed by atoms with E-state index in [1.807, 2.05) is 0 Å². The molecule has 0 N–H and O–H groups in total. The molecule has 1 aliphatic heterocycles. The van der Waals surface area contributed by atoms with Gasteiger partial charge in [-0.1, -0.05) is 26.7 Å². The highest BCUT2D eigenvalue weighted by molar-refractivity contribution is 5.81. The van der Waals surface area contributed by atoms with Gasteiger partial charge in [-0.05, 0) is 37.5 Å². The summed E-state index contributed by atoms with van der Waals surface area (Å²) in [4.78, 5) is 12.3. The Morgan fingerprint density at radius 2 is 2.06 bits per heavy atom. The van der Waals surface area contributed by atoms with E-state index in [1.54, 1.807) is 0 Å². The fourth-order valence-electron chi connectivity index (χ4n) is 3.44. The van der Waals surface area contributed by atoms with Gasteiger partial charge in [-0.15, -0.1) is 0 Å². The Morgan fingerprint density at radius 3 is 2.71 bits per heavy atom. The van der Waals surface area contributed by atoms with Crippen LogP contribution in [0.15, 0.2) is 0 Å². The lowest BCUT2D eigenvalue weighted by molar-refractivity contribution is -0.128. The molecule has 1 saturated heterocycles. The Balaban J connectivity index is 1.81. The summed E-state index contributed by atoms with van der Waals surface area (Å²) in [5.74, 6) is 0.794. The summed E-state index contributed by atoms with van der Waals surface area (Å²) in [5.41, 5.74) is 0.228. The molecule has 1 heterocycles. The van der Waals surface area contributed by atoms with Crippen molar-refractivity contribution in [1.29, 1.82) is 0 Å². The lowest BCUT2D eigenvalue weighted by Gasteiger charge is -2.37. The first-order valence-corrected chi connectivity index (χ1v) is 7.24. The summed E-state index contributed by atoms with van der Waals surface area (Å²) in [6, 6.07) is 0. The minimum Gasteiger partial charge on any atom is -0.378 e. The van der Waals surface area contributed by atoms with Gasteiger partial charge < -0.3 is 4.74 Å². The van der Waals surface area contributed by atoms with Crippen molar-refractivity contribution < 1.29 is 9.53 Å². The van der Waals surface area contributed by atoms with E-state index < -0.39 is 0 Å². The molecule has 2 rings (SSSR count). The zero-order valence-corrected chi connectivity index (χ0v) is 11.3. The zero-order valence-electron chi connectivity index (χ0n) is 11.3. The molecule has 2 heteroatoms. The van der Waals surface area contributed by atoms with E-state index in [9.17, 15) is 4.79 Å². The van der Waals surface area contributed by atoms with Crippen LogP contribution < -0.4 is 0 Å². The molecule has 0 aromatic heterocycles. The molecule has 2 nitrogen and oxygen atoms in total. The Bertz CT molecular complexity index is 264. The maximum absolute atomic E-state index is 12.3. The highest BCUT2D eigenvalue weighted by Gasteiger charge is 2.36. The second-order valence-electron chi connectivity index (χ2n) is 6.43. The van der Waals surface area contributed by atoms with E-state index in [4.69, 9.17) is 4.74 Å². The Morgan fingerprint density at radius 1 is 1.24 bits per heavy atom. The van der Waals surface area contributed by atoms with Gasteiger partial charge in [-0.3, -0.25) is 4.79 Å². The monoisotopic (exact) mass is 238 g/mol. The van der Waals surface area contributed by atoms with Crippen LogP contribution in [0.1, 0.15) is 65.2 Å². The smallest absolute Gasteiger partial charge is 0.136 e. The Labute approximate surface area is 105 Å². The molecule has 0 radical (unpaired) electrons. The van der Waals surface area contributed by atoms with Gasteiger partial charge >= 0.3 is 0 Å². The Kier molecular flexibility index (Phi) is 4.24. The summed E-state index contributed by atoms with van der Waals surface area (Å²) in [5, 5.41) is 0. The van der Waals surface area contributed by atoms with Crippen molar-refractivity contribution in [1.82, 2.24) is 0 Å². The van der Waals surface area contributed by atoms with Crippen molar-refractivity contribution in [3.8, 4) is 0 Å². The van der Waals surface area contributed by atoms with Gasteiger partial charge in [0.15, 0.2) is 0 Å². The first kappa shape index (κ1) is 13.1. The molecule has 2 fully saturated rings. The third kappa shape index (κ3) is 3.31. The topological polar surface area (TPSA) is 26.3 Å². The number of ketones is 1. The maximum atomic E-state index is 12.3. The van der Waals surface area contributed by atoms with Gasteiger partial charge in [0.1, 0.15) is 5.78 Å². The van der Waals surface area contributed by atoms with Gasteiger partial charge in [0.2, 0.25) is 0 Å². The minimum atomic E-state index is 0.228. The summed E-state index contributed by atoms with van der Waals surface area (Å²) in [6.45, 7) is 5.43. The molecule has 0 bridgehead atoms. The summed E-state index contributed by atoms with van der Waals surface area (Å²) in [6.07, 6.45) is 9.23. The zero-order chi connectivity index (χ0) is 12.3. The number of carbonyl (C=O) groups excluding carboxylic acids is 1. The number of hydrogen-bond acceptors (Lipinski definition) is 2. The van der Waals surface area contributed by atoms with Crippen LogP contribution in [0.5, 0.6) is 0 Å². The Hall–Kier alpha value is -0.370.